The molecule has 4 rings (SSSR count). The number of hydrogen-bond acceptors (Lipinski definition) is 7. The lowest BCUT2D eigenvalue weighted by atomic mass is 10.3. The second-order valence-electron chi connectivity index (χ2n) is 5.87. The van der Waals surface area contributed by atoms with Gasteiger partial charge in [0.2, 0.25) is 5.91 Å². The Labute approximate surface area is 163 Å². The number of ether oxygens (including phenoxy) is 2. The third kappa shape index (κ3) is 4.20. The van der Waals surface area contributed by atoms with E-state index in [1.165, 1.54) is 22.7 Å². The SMILES string of the molecule is O=C(CCCNC(=O)c1cccs1)Nc1nc2cc3c(cc2s1)OCCO3. The molecular weight excluding hydrogens is 386 g/mol. The van der Waals surface area contributed by atoms with E-state index in [-0.39, 0.29) is 11.8 Å². The van der Waals surface area contributed by atoms with E-state index < -0.39 is 0 Å². The molecule has 2 amide bonds. The molecule has 9 heteroatoms. The number of carbonyl (C=O) groups is 2. The van der Waals surface area contributed by atoms with Gasteiger partial charge in [-0.05, 0) is 17.9 Å². The lowest BCUT2D eigenvalue weighted by Gasteiger charge is -2.17. The Balaban J connectivity index is 1.28. The molecule has 7 nitrogen and oxygen atoms in total. The first kappa shape index (κ1) is 17.7. The van der Waals surface area contributed by atoms with Crippen molar-refractivity contribution >= 4 is 49.8 Å². The molecule has 1 aromatic carbocycles. The number of anilines is 1. The van der Waals surface area contributed by atoms with Gasteiger partial charge in [0, 0.05) is 25.1 Å². The largest absolute Gasteiger partial charge is 0.486 e. The zero-order valence-electron chi connectivity index (χ0n) is 14.3. The molecule has 2 N–H and O–H groups in total. The third-order valence-electron chi connectivity index (χ3n) is 3.91. The van der Waals surface area contributed by atoms with Crippen LogP contribution >= 0.6 is 22.7 Å². The first-order valence-electron chi connectivity index (χ1n) is 8.51. The number of hydrogen-bond donors (Lipinski definition) is 2. The molecule has 140 valence electrons. The summed E-state index contributed by atoms with van der Waals surface area (Å²) >= 11 is 2.79. The first-order valence-corrected chi connectivity index (χ1v) is 10.2. The fourth-order valence-electron chi connectivity index (χ4n) is 2.65. The van der Waals surface area contributed by atoms with Crippen LogP contribution in [0.3, 0.4) is 0 Å². The van der Waals surface area contributed by atoms with Crippen LogP contribution in [0.1, 0.15) is 22.5 Å². The molecule has 0 atom stereocenters. The van der Waals surface area contributed by atoms with Crippen molar-refractivity contribution in [3.8, 4) is 11.5 Å². The van der Waals surface area contributed by atoms with E-state index in [2.05, 4.69) is 15.6 Å². The Morgan fingerprint density at radius 3 is 2.78 bits per heavy atom. The molecule has 0 saturated carbocycles. The van der Waals surface area contributed by atoms with Gasteiger partial charge in [0.05, 0.1) is 15.1 Å². The Morgan fingerprint density at radius 2 is 2.00 bits per heavy atom. The Bertz CT molecular complexity index is 926. The number of thiophene rings is 1. The molecule has 1 aliphatic heterocycles. The Kier molecular flexibility index (Phi) is 5.21. The number of thiazole rings is 1. The van der Waals surface area contributed by atoms with E-state index in [4.69, 9.17) is 9.47 Å². The molecular formula is C18H17N3O4S2. The maximum atomic E-state index is 12.1. The molecule has 0 bridgehead atoms. The van der Waals surface area contributed by atoms with Gasteiger partial charge in [-0.15, -0.1) is 11.3 Å². The van der Waals surface area contributed by atoms with Crippen LogP contribution < -0.4 is 20.1 Å². The van der Waals surface area contributed by atoms with Crippen LogP contribution in [-0.4, -0.2) is 36.6 Å². The highest BCUT2D eigenvalue weighted by Crippen LogP contribution is 2.37. The molecule has 0 spiro atoms. The zero-order valence-corrected chi connectivity index (χ0v) is 16.0. The zero-order chi connectivity index (χ0) is 18.6. The summed E-state index contributed by atoms with van der Waals surface area (Å²) in [6.45, 7) is 1.50. The van der Waals surface area contributed by atoms with Gasteiger partial charge in [-0.2, -0.15) is 0 Å². The maximum Gasteiger partial charge on any atom is 0.261 e. The van der Waals surface area contributed by atoms with Gasteiger partial charge < -0.3 is 20.1 Å². The van der Waals surface area contributed by atoms with Crippen LogP contribution in [0.2, 0.25) is 0 Å². The summed E-state index contributed by atoms with van der Waals surface area (Å²) in [5, 5.41) is 8.02. The second kappa shape index (κ2) is 7.93. The summed E-state index contributed by atoms with van der Waals surface area (Å²) in [7, 11) is 0. The molecule has 0 fully saturated rings. The minimum Gasteiger partial charge on any atom is -0.486 e. The van der Waals surface area contributed by atoms with Crippen LogP contribution in [0.15, 0.2) is 29.6 Å². The normalized spacial score (nSPS) is 12.7. The molecule has 3 heterocycles. The van der Waals surface area contributed by atoms with Crippen LogP contribution in [0.25, 0.3) is 10.2 Å². The van der Waals surface area contributed by atoms with Crippen molar-refractivity contribution in [3.63, 3.8) is 0 Å². The van der Waals surface area contributed by atoms with Gasteiger partial charge in [0.1, 0.15) is 13.2 Å². The summed E-state index contributed by atoms with van der Waals surface area (Å²) in [5.41, 5.74) is 0.766. The summed E-state index contributed by atoms with van der Waals surface area (Å²) in [6.07, 6.45) is 0.868. The molecule has 2 aromatic heterocycles. The van der Waals surface area contributed by atoms with E-state index in [1.807, 2.05) is 23.6 Å². The average Bonchev–Trinajstić information content (AvgIpc) is 3.32. The van der Waals surface area contributed by atoms with E-state index >= 15 is 0 Å². The summed E-state index contributed by atoms with van der Waals surface area (Å²) in [5.74, 6) is 1.15. The van der Waals surface area contributed by atoms with E-state index in [1.54, 1.807) is 6.07 Å². The number of amides is 2. The topological polar surface area (TPSA) is 89.6 Å². The van der Waals surface area contributed by atoms with Crippen molar-refractivity contribution in [2.75, 3.05) is 25.1 Å². The first-order chi connectivity index (χ1) is 13.2. The summed E-state index contributed by atoms with van der Waals surface area (Å²) < 4.78 is 12.0. The summed E-state index contributed by atoms with van der Waals surface area (Å²) in [4.78, 5) is 29.0. The van der Waals surface area contributed by atoms with Crippen LogP contribution in [0, 0.1) is 0 Å². The van der Waals surface area contributed by atoms with Gasteiger partial charge in [-0.1, -0.05) is 17.4 Å². The molecule has 0 unspecified atom stereocenters. The number of carbonyl (C=O) groups excluding carboxylic acids is 2. The number of aromatic nitrogens is 1. The van der Waals surface area contributed by atoms with E-state index in [9.17, 15) is 9.59 Å². The predicted molar refractivity (Wildman–Crippen MR) is 105 cm³/mol. The summed E-state index contributed by atoms with van der Waals surface area (Å²) in [6, 6.07) is 7.32. The highest BCUT2D eigenvalue weighted by atomic mass is 32.1. The predicted octanol–water partition coefficient (Wildman–Crippen LogP) is 3.28. The minimum absolute atomic E-state index is 0.106. The maximum absolute atomic E-state index is 12.1. The van der Waals surface area contributed by atoms with Crippen molar-refractivity contribution in [3.05, 3.63) is 34.5 Å². The number of fused-ring (bicyclic) bond motifs is 2. The van der Waals surface area contributed by atoms with Crippen molar-refractivity contribution in [2.45, 2.75) is 12.8 Å². The molecule has 1 aliphatic rings. The number of nitrogens with one attached hydrogen (secondary N) is 2. The fraction of sp³-hybridized carbons (Fsp3) is 0.278. The van der Waals surface area contributed by atoms with Gasteiger partial charge >= 0.3 is 0 Å². The quantitative estimate of drug-likeness (QED) is 0.617. The van der Waals surface area contributed by atoms with Gasteiger partial charge in [0.25, 0.3) is 5.91 Å². The second-order valence-corrected chi connectivity index (χ2v) is 7.85. The number of benzene rings is 1. The highest BCUT2D eigenvalue weighted by Gasteiger charge is 2.16. The Hall–Kier alpha value is -2.65. The van der Waals surface area contributed by atoms with E-state index in [0.717, 1.165) is 10.2 Å². The number of rotatable bonds is 6. The van der Waals surface area contributed by atoms with Gasteiger partial charge in [0.15, 0.2) is 16.6 Å². The molecule has 27 heavy (non-hydrogen) atoms. The van der Waals surface area contributed by atoms with Crippen molar-refractivity contribution in [1.82, 2.24) is 10.3 Å². The van der Waals surface area contributed by atoms with Gasteiger partial charge in [-0.25, -0.2) is 4.98 Å². The van der Waals surface area contributed by atoms with Gasteiger partial charge in [-0.3, -0.25) is 9.59 Å². The average molecular weight is 403 g/mol. The lowest BCUT2D eigenvalue weighted by Crippen LogP contribution is -2.24. The van der Waals surface area contributed by atoms with Crippen LogP contribution in [0.5, 0.6) is 11.5 Å². The standard InChI is InChI=1S/C18H17N3O4S2/c22-16(4-1-5-19-17(23)14-3-2-8-26-14)21-18-20-11-9-12-13(10-15(11)27-18)25-7-6-24-12/h2-3,8-10H,1,4-7H2,(H,19,23)(H,20,21,22). The van der Waals surface area contributed by atoms with Crippen LogP contribution in [-0.2, 0) is 4.79 Å². The highest BCUT2D eigenvalue weighted by molar-refractivity contribution is 7.22. The minimum atomic E-state index is -0.128. The molecule has 0 aliphatic carbocycles. The van der Waals surface area contributed by atoms with E-state index in [0.29, 0.717) is 54.1 Å². The Morgan fingerprint density at radius 1 is 1.19 bits per heavy atom. The van der Waals surface area contributed by atoms with Crippen molar-refractivity contribution < 1.29 is 19.1 Å². The fourth-order valence-corrected chi connectivity index (χ4v) is 4.18. The molecule has 0 radical (unpaired) electrons. The molecule has 0 saturated heterocycles. The van der Waals surface area contributed by atoms with Crippen molar-refractivity contribution in [2.24, 2.45) is 0 Å². The van der Waals surface area contributed by atoms with Crippen LogP contribution in [0.4, 0.5) is 5.13 Å². The third-order valence-corrected chi connectivity index (χ3v) is 5.71. The number of nitrogens with zero attached hydrogens (tertiary/aromatic N) is 1. The molecule has 3 aromatic rings. The smallest absolute Gasteiger partial charge is 0.261 e. The monoisotopic (exact) mass is 403 g/mol. The van der Waals surface area contributed by atoms with Crippen molar-refractivity contribution in [1.29, 1.82) is 0 Å². The lowest BCUT2D eigenvalue weighted by molar-refractivity contribution is -0.116.